The molecule has 1 aliphatic rings. The zero-order chi connectivity index (χ0) is 12.4. The lowest BCUT2D eigenvalue weighted by Crippen LogP contribution is -2.26. The van der Waals surface area contributed by atoms with Gasteiger partial charge in [-0.25, -0.2) is 4.98 Å². The van der Waals surface area contributed by atoms with E-state index in [1.807, 2.05) is 18.2 Å². The van der Waals surface area contributed by atoms with E-state index in [2.05, 4.69) is 22.5 Å². The average molecular weight is 259 g/mol. The first-order valence-corrected chi connectivity index (χ1v) is 7.35. The Hall–Kier alpha value is -1.19. The SMILES string of the molecule is OC1(Cc2nc(-c3ccccc3)cs2)CCCC1. The van der Waals surface area contributed by atoms with Crippen molar-refractivity contribution in [1.82, 2.24) is 4.98 Å². The molecule has 0 radical (unpaired) electrons. The van der Waals surface area contributed by atoms with Crippen molar-refractivity contribution in [3.05, 3.63) is 40.7 Å². The smallest absolute Gasteiger partial charge is 0.0961 e. The quantitative estimate of drug-likeness (QED) is 0.912. The van der Waals surface area contributed by atoms with Crippen LogP contribution in [0, 0.1) is 0 Å². The highest BCUT2D eigenvalue weighted by Crippen LogP contribution is 2.34. The summed E-state index contributed by atoms with van der Waals surface area (Å²) in [5, 5.41) is 13.5. The molecule has 18 heavy (non-hydrogen) atoms. The standard InChI is InChI=1S/C15H17NOS/c17-15(8-4-5-9-15)10-14-16-13(11-18-14)12-6-2-1-3-7-12/h1-3,6-7,11,17H,4-5,8-10H2. The molecule has 2 aromatic rings. The zero-order valence-electron chi connectivity index (χ0n) is 10.3. The maximum Gasteiger partial charge on any atom is 0.0961 e. The van der Waals surface area contributed by atoms with Crippen molar-refractivity contribution in [2.75, 3.05) is 0 Å². The fraction of sp³-hybridized carbons (Fsp3) is 0.400. The van der Waals surface area contributed by atoms with Crippen LogP contribution in [0.4, 0.5) is 0 Å². The zero-order valence-corrected chi connectivity index (χ0v) is 11.1. The Morgan fingerprint density at radius 1 is 1.17 bits per heavy atom. The van der Waals surface area contributed by atoms with E-state index in [1.165, 1.54) is 0 Å². The van der Waals surface area contributed by atoms with Gasteiger partial charge in [-0.1, -0.05) is 43.2 Å². The second-order valence-electron chi connectivity index (χ2n) is 5.10. The molecule has 94 valence electrons. The highest BCUT2D eigenvalue weighted by Gasteiger charge is 2.32. The molecule has 2 nitrogen and oxygen atoms in total. The number of aliphatic hydroxyl groups is 1. The Labute approximate surface area is 111 Å². The van der Waals surface area contributed by atoms with Gasteiger partial charge in [0.2, 0.25) is 0 Å². The van der Waals surface area contributed by atoms with E-state index >= 15 is 0 Å². The van der Waals surface area contributed by atoms with Gasteiger partial charge >= 0.3 is 0 Å². The average Bonchev–Trinajstić information content (AvgIpc) is 3.00. The van der Waals surface area contributed by atoms with Crippen LogP contribution in [0.25, 0.3) is 11.3 Å². The molecule has 1 aromatic carbocycles. The summed E-state index contributed by atoms with van der Waals surface area (Å²) in [4.78, 5) is 4.65. The number of hydrogen-bond acceptors (Lipinski definition) is 3. The topological polar surface area (TPSA) is 33.1 Å². The fourth-order valence-electron chi connectivity index (χ4n) is 2.62. The monoisotopic (exact) mass is 259 g/mol. The summed E-state index contributed by atoms with van der Waals surface area (Å²) in [6, 6.07) is 10.2. The number of benzene rings is 1. The third-order valence-corrected chi connectivity index (χ3v) is 4.48. The van der Waals surface area contributed by atoms with Crippen LogP contribution in [0.2, 0.25) is 0 Å². The minimum Gasteiger partial charge on any atom is -0.389 e. The van der Waals surface area contributed by atoms with Crippen LogP contribution >= 0.6 is 11.3 Å². The van der Waals surface area contributed by atoms with Crippen molar-refractivity contribution >= 4 is 11.3 Å². The summed E-state index contributed by atoms with van der Waals surface area (Å²) in [6.45, 7) is 0. The predicted molar refractivity (Wildman–Crippen MR) is 74.7 cm³/mol. The minimum absolute atomic E-state index is 0.494. The van der Waals surface area contributed by atoms with Gasteiger partial charge in [-0.05, 0) is 12.8 Å². The van der Waals surface area contributed by atoms with E-state index in [4.69, 9.17) is 0 Å². The summed E-state index contributed by atoms with van der Waals surface area (Å²) >= 11 is 1.66. The molecule has 1 heterocycles. The minimum atomic E-state index is -0.494. The van der Waals surface area contributed by atoms with Gasteiger partial charge in [0.15, 0.2) is 0 Å². The Balaban J connectivity index is 1.78. The summed E-state index contributed by atoms with van der Waals surface area (Å²) in [7, 11) is 0. The molecule has 0 spiro atoms. The molecule has 0 aliphatic heterocycles. The molecule has 3 rings (SSSR count). The van der Waals surface area contributed by atoms with Crippen LogP contribution in [0.5, 0.6) is 0 Å². The van der Waals surface area contributed by atoms with E-state index in [9.17, 15) is 5.11 Å². The molecule has 1 aliphatic carbocycles. The molecular formula is C15H17NOS. The number of rotatable bonds is 3. The van der Waals surface area contributed by atoms with E-state index in [0.29, 0.717) is 6.42 Å². The maximum absolute atomic E-state index is 10.4. The van der Waals surface area contributed by atoms with Crippen LogP contribution in [0.15, 0.2) is 35.7 Å². The Bertz CT molecular complexity index is 514. The summed E-state index contributed by atoms with van der Waals surface area (Å²) < 4.78 is 0. The second kappa shape index (κ2) is 4.82. The highest BCUT2D eigenvalue weighted by atomic mass is 32.1. The number of aromatic nitrogens is 1. The first-order chi connectivity index (χ1) is 8.75. The first-order valence-electron chi connectivity index (χ1n) is 6.47. The van der Waals surface area contributed by atoms with Crippen molar-refractivity contribution < 1.29 is 5.11 Å². The maximum atomic E-state index is 10.4. The Morgan fingerprint density at radius 3 is 2.61 bits per heavy atom. The van der Waals surface area contributed by atoms with E-state index in [-0.39, 0.29) is 0 Å². The molecule has 0 atom stereocenters. The Kier molecular flexibility index (Phi) is 3.18. The molecule has 0 saturated heterocycles. The highest BCUT2D eigenvalue weighted by molar-refractivity contribution is 7.09. The number of thiazole rings is 1. The lowest BCUT2D eigenvalue weighted by atomic mass is 9.99. The Morgan fingerprint density at radius 2 is 1.89 bits per heavy atom. The fourth-order valence-corrected chi connectivity index (χ4v) is 3.56. The van der Waals surface area contributed by atoms with Gasteiger partial charge in [0, 0.05) is 17.4 Å². The van der Waals surface area contributed by atoms with Crippen molar-refractivity contribution in [2.45, 2.75) is 37.7 Å². The largest absolute Gasteiger partial charge is 0.389 e. The van der Waals surface area contributed by atoms with Crippen LogP contribution in [-0.4, -0.2) is 15.7 Å². The van der Waals surface area contributed by atoms with Crippen molar-refractivity contribution in [3.63, 3.8) is 0 Å². The van der Waals surface area contributed by atoms with Gasteiger partial charge in [-0.3, -0.25) is 0 Å². The van der Waals surface area contributed by atoms with Gasteiger partial charge in [0.1, 0.15) is 0 Å². The van der Waals surface area contributed by atoms with Crippen LogP contribution in [-0.2, 0) is 6.42 Å². The number of nitrogens with zero attached hydrogens (tertiary/aromatic N) is 1. The third kappa shape index (κ3) is 2.47. The molecule has 0 bridgehead atoms. The molecule has 3 heteroatoms. The van der Waals surface area contributed by atoms with Gasteiger partial charge in [0.05, 0.1) is 16.3 Å². The van der Waals surface area contributed by atoms with Gasteiger partial charge in [0.25, 0.3) is 0 Å². The summed E-state index contributed by atoms with van der Waals surface area (Å²) in [5.41, 5.74) is 1.68. The van der Waals surface area contributed by atoms with E-state index in [0.717, 1.165) is 41.9 Å². The normalized spacial score (nSPS) is 18.1. The van der Waals surface area contributed by atoms with Crippen LogP contribution in [0.3, 0.4) is 0 Å². The molecule has 0 amide bonds. The van der Waals surface area contributed by atoms with Gasteiger partial charge < -0.3 is 5.11 Å². The second-order valence-corrected chi connectivity index (χ2v) is 6.04. The first kappa shape index (κ1) is 11.9. The molecular weight excluding hydrogens is 242 g/mol. The van der Waals surface area contributed by atoms with Gasteiger partial charge in [-0.15, -0.1) is 11.3 Å². The van der Waals surface area contributed by atoms with E-state index < -0.39 is 5.60 Å². The predicted octanol–water partition coefficient (Wildman–Crippen LogP) is 3.66. The van der Waals surface area contributed by atoms with Crippen molar-refractivity contribution in [3.8, 4) is 11.3 Å². The van der Waals surface area contributed by atoms with E-state index in [1.54, 1.807) is 11.3 Å². The third-order valence-electron chi connectivity index (χ3n) is 3.64. The van der Waals surface area contributed by atoms with Crippen LogP contribution in [0.1, 0.15) is 30.7 Å². The molecule has 1 saturated carbocycles. The van der Waals surface area contributed by atoms with Crippen molar-refractivity contribution in [2.24, 2.45) is 0 Å². The molecule has 1 aromatic heterocycles. The van der Waals surface area contributed by atoms with Crippen molar-refractivity contribution in [1.29, 1.82) is 0 Å². The molecule has 0 unspecified atom stereocenters. The lowest BCUT2D eigenvalue weighted by Gasteiger charge is -2.20. The lowest BCUT2D eigenvalue weighted by molar-refractivity contribution is 0.0481. The van der Waals surface area contributed by atoms with Gasteiger partial charge in [-0.2, -0.15) is 0 Å². The molecule has 1 fully saturated rings. The van der Waals surface area contributed by atoms with Crippen LogP contribution < -0.4 is 0 Å². The summed E-state index contributed by atoms with van der Waals surface area (Å²) in [5.74, 6) is 0. The molecule has 1 N–H and O–H groups in total. The summed E-state index contributed by atoms with van der Waals surface area (Å²) in [6.07, 6.45) is 4.85. The number of hydrogen-bond donors (Lipinski definition) is 1.